The summed E-state index contributed by atoms with van der Waals surface area (Å²) in [7, 11) is 0. The Morgan fingerprint density at radius 2 is 1.71 bits per heavy atom. The van der Waals surface area contributed by atoms with E-state index in [0.29, 0.717) is 10.6 Å². The van der Waals surface area contributed by atoms with Crippen molar-refractivity contribution in [1.82, 2.24) is 0 Å². The van der Waals surface area contributed by atoms with E-state index in [1.807, 2.05) is 6.07 Å². The van der Waals surface area contributed by atoms with Gasteiger partial charge in [0.15, 0.2) is 0 Å². The van der Waals surface area contributed by atoms with E-state index >= 15 is 0 Å². The zero-order valence-electron chi connectivity index (χ0n) is 10.8. The van der Waals surface area contributed by atoms with Crippen LogP contribution in [-0.4, -0.2) is 22.2 Å². The Balaban J connectivity index is 2.39. The molecule has 2 aromatic rings. The first-order valence-corrected chi connectivity index (χ1v) is 6.39. The molecule has 106 valence electrons. The summed E-state index contributed by atoms with van der Waals surface area (Å²) in [6.45, 7) is 0. The SMILES string of the molecule is O=C(O)c1ccc(/C=C/c2cccc(Cl)c2)c(C(=O)O)c1. The molecule has 2 rings (SSSR count). The highest BCUT2D eigenvalue weighted by atomic mass is 35.5. The number of carboxylic acids is 2. The van der Waals surface area contributed by atoms with Crippen molar-refractivity contribution < 1.29 is 19.8 Å². The first-order valence-electron chi connectivity index (χ1n) is 6.01. The molecule has 0 fully saturated rings. The Labute approximate surface area is 125 Å². The van der Waals surface area contributed by atoms with Crippen LogP contribution in [0.15, 0.2) is 42.5 Å². The van der Waals surface area contributed by atoms with Crippen LogP contribution >= 0.6 is 11.6 Å². The highest BCUT2D eigenvalue weighted by Gasteiger charge is 2.12. The monoisotopic (exact) mass is 302 g/mol. The van der Waals surface area contributed by atoms with Crippen LogP contribution in [0.4, 0.5) is 0 Å². The van der Waals surface area contributed by atoms with Crippen LogP contribution in [0.1, 0.15) is 31.8 Å². The zero-order chi connectivity index (χ0) is 15.4. The molecule has 0 amide bonds. The highest BCUT2D eigenvalue weighted by molar-refractivity contribution is 6.30. The summed E-state index contributed by atoms with van der Waals surface area (Å²) in [4.78, 5) is 22.1. The maximum absolute atomic E-state index is 11.2. The van der Waals surface area contributed by atoms with Crippen molar-refractivity contribution >= 4 is 35.7 Å². The lowest BCUT2D eigenvalue weighted by atomic mass is 10.0. The smallest absolute Gasteiger partial charge is 0.336 e. The number of aromatic carboxylic acids is 2. The van der Waals surface area contributed by atoms with Gasteiger partial charge in [0, 0.05) is 5.02 Å². The molecule has 0 unspecified atom stereocenters. The Hall–Kier alpha value is -2.59. The topological polar surface area (TPSA) is 74.6 Å². The Kier molecular flexibility index (Phi) is 4.40. The van der Waals surface area contributed by atoms with Crippen LogP contribution in [0, 0.1) is 0 Å². The minimum absolute atomic E-state index is 0.0619. The molecule has 4 nitrogen and oxygen atoms in total. The van der Waals surface area contributed by atoms with Crippen LogP contribution in [0.3, 0.4) is 0 Å². The van der Waals surface area contributed by atoms with Gasteiger partial charge in [-0.2, -0.15) is 0 Å². The molecule has 0 aromatic heterocycles. The molecule has 0 atom stereocenters. The molecule has 0 radical (unpaired) electrons. The first kappa shape index (κ1) is 14.8. The van der Waals surface area contributed by atoms with Crippen molar-refractivity contribution in [2.45, 2.75) is 0 Å². The summed E-state index contributed by atoms with van der Waals surface area (Å²) in [6.07, 6.45) is 3.33. The van der Waals surface area contributed by atoms with E-state index in [-0.39, 0.29) is 11.1 Å². The zero-order valence-corrected chi connectivity index (χ0v) is 11.5. The molecule has 0 spiro atoms. The van der Waals surface area contributed by atoms with Crippen LogP contribution in [0.25, 0.3) is 12.2 Å². The van der Waals surface area contributed by atoms with Gasteiger partial charge in [0.2, 0.25) is 0 Å². The average molecular weight is 303 g/mol. The lowest BCUT2D eigenvalue weighted by Crippen LogP contribution is -2.04. The lowest BCUT2D eigenvalue weighted by Gasteiger charge is -2.03. The molecule has 5 heteroatoms. The van der Waals surface area contributed by atoms with E-state index < -0.39 is 11.9 Å². The van der Waals surface area contributed by atoms with Gasteiger partial charge in [-0.25, -0.2) is 9.59 Å². The summed E-state index contributed by atoms with van der Waals surface area (Å²) >= 11 is 5.87. The van der Waals surface area contributed by atoms with Gasteiger partial charge in [0.25, 0.3) is 0 Å². The van der Waals surface area contributed by atoms with E-state index in [2.05, 4.69) is 0 Å². The predicted octanol–water partition coefficient (Wildman–Crippen LogP) is 3.91. The molecule has 0 saturated carbocycles. The second kappa shape index (κ2) is 6.24. The van der Waals surface area contributed by atoms with Crippen molar-refractivity contribution in [3.8, 4) is 0 Å². The van der Waals surface area contributed by atoms with Crippen LogP contribution in [-0.2, 0) is 0 Å². The fourth-order valence-corrected chi connectivity index (χ4v) is 2.01. The molecule has 0 heterocycles. The maximum atomic E-state index is 11.2. The fourth-order valence-electron chi connectivity index (χ4n) is 1.82. The highest BCUT2D eigenvalue weighted by Crippen LogP contribution is 2.17. The molecule has 0 bridgehead atoms. The largest absolute Gasteiger partial charge is 0.478 e. The molecule has 0 saturated heterocycles. The quantitative estimate of drug-likeness (QED) is 0.840. The normalized spacial score (nSPS) is 10.7. The fraction of sp³-hybridized carbons (Fsp3) is 0. The summed E-state index contributed by atoms with van der Waals surface area (Å²) in [6, 6.07) is 11.1. The van der Waals surface area contributed by atoms with Gasteiger partial charge in [0.1, 0.15) is 0 Å². The Morgan fingerprint density at radius 3 is 2.33 bits per heavy atom. The number of hydrogen-bond acceptors (Lipinski definition) is 2. The molecule has 0 aliphatic heterocycles. The van der Waals surface area contributed by atoms with Crippen LogP contribution in [0.2, 0.25) is 5.02 Å². The Morgan fingerprint density at radius 1 is 0.952 bits per heavy atom. The van der Waals surface area contributed by atoms with Crippen molar-refractivity contribution in [1.29, 1.82) is 0 Å². The van der Waals surface area contributed by atoms with E-state index in [4.69, 9.17) is 21.8 Å². The number of rotatable bonds is 4. The molecule has 0 aliphatic carbocycles. The van der Waals surface area contributed by atoms with Gasteiger partial charge < -0.3 is 10.2 Å². The molecular formula is C16H11ClO4. The van der Waals surface area contributed by atoms with Gasteiger partial charge in [-0.3, -0.25) is 0 Å². The first-order chi connectivity index (χ1) is 9.97. The summed E-state index contributed by atoms with van der Waals surface area (Å²) in [5.41, 5.74) is 1.12. The number of hydrogen-bond donors (Lipinski definition) is 2. The van der Waals surface area contributed by atoms with Crippen molar-refractivity contribution in [3.05, 3.63) is 69.7 Å². The standard InChI is InChI=1S/C16H11ClO4/c17-13-3-1-2-10(8-13)4-5-11-6-7-12(15(18)19)9-14(11)16(20)21/h1-9H,(H,18,19)(H,20,21)/b5-4+. The van der Waals surface area contributed by atoms with E-state index in [1.54, 1.807) is 30.4 Å². The van der Waals surface area contributed by atoms with Crippen LogP contribution < -0.4 is 0 Å². The van der Waals surface area contributed by atoms with E-state index in [1.165, 1.54) is 12.1 Å². The molecular weight excluding hydrogens is 292 g/mol. The summed E-state index contributed by atoms with van der Waals surface area (Å²) < 4.78 is 0. The lowest BCUT2D eigenvalue weighted by molar-refractivity contribution is 0.0695. The number of carboxylic acid groups (broad SMARTS) is 2. The molecule has 2 aromatic carbocycles. The van der Waals surface area contributed by atoms with E-state index in [9.17, 15) is 9.59 Å². The molecule has 2 N–H and O–H groups in total. The number of halogens is 1. The Bertz CT molecular complexity index is 735. The second-order valence-corrected chi connectivity index (χ2v) is 4.74. The number of carbonyl (C=O) groups is 2. The minimum atomic E-state index is -1.18. The van der Waals surface area contributed by atoms with Gasteiger partial charge >= 0.3 is 11.9 Å². The predicted molar refractivity (Wildman–Crippen MR) is 80.7 cm³/mol. The third-order valence-corrected chi connectivity index (χ3v) is 3.07. The van der Waals surface area contributed by atoms with Crippen molar-refractivity contribution in [2.24, 2.45) is 0 Å². The van der Waals surface area contributed by atoms with Gasteiger partial charge in [-0.1, -0.05) is 42.0 Å². The van der Waals surface area contributed by atoms with Crippen molar-refractivity contribution in [3.63, 3.8) is 0 Å². The second-order valence-electron chi connectivity index (χ2n) is 4.30. The third kappa shape index (κ3) is 3.70. The minimum Gasteiger partial charge on any atom is -0.478 e. The van der Waals surface area contributed by atoms with Crippen molar-refractivity contribution in [2.75, 3.05) is 0 Å². The number of benzene rings is 2. The summed E-state index contributed by atoms with van der Waals surface area (Å²) in [5, 5.41) is 18.6. The molecule has 0 aliphatic rings. The third-order valence-electron chi connectivity index (χ3n) is 2.83. The van der Waals surface area contributed by atoms with Gasteiger partial charge in [-0.15, -0.1) is 0 Å². The van der Waals surface area contributed by atoms with Crippen LogP contribution in [0.5, 0.6) is 0 Å². The average Bonchev–Trinajstić information content (AvgIpc) is 2.44. The van der Waals surface area contributed by atoms with E-state index in [0.717, 1.165) is 11.6 Å². The summed E-state index contributed by atoms with van der Waals surface area (Å²) in [5.74, 6) is -2.34. The van der Waals surface area contributed by atoms with Gasteiger partial charge in [-0.05, 0) is 35.4 Å². The maximum Gasteiger partial charge on any atom is 0.336 e. The molecule has 21 heavy (non-hydrogen) atoms. The van der Waals surface area contributed by atoms with Gasteiger partial charge in [0.05, 0.1) is 11.1 Å².